The van der Waals surface area contributed by atoms with E-state index < -0.39 is 0 Å². The number of carbonyl (C=O) groups is 1. The number of hydrogen-bond donors (Lipinski definition) is 0. The summed E-state index contributed by atoms with van der Waals surface area (Å²) in [6.45, 7) is 2.63. The fourth-order valence-corrected chi connectivity index (χ4v) is 4.15. The topological polar surface area (TPSA) is 71.5 Å². The molecule has 1 aromatic carbocycles. The Morgan fingerprint density at radius 3 is 2.68 bits per heavy atom. The van der Waals surface area contributed by atoms with Gasteiger partial charge in [-0.3, -0.25) is 9.78 Å². The quantitative estimate of drug-likeness (QED) is 0.627. The van der Waals surface area contributed by atoms with Crippen LogP contribution in [0.4, 0.5) is 5.95 Å². The summed E-state index contributed by atoms with van der Waals surface area (Å²) >= 11 is 0. The van der Waals surface area contributed by atoms with Gasteiger partial charge in [-0.2, -0.15) is 0 Å². The summed E-state index contributed by atoms with van der Waals surface area (Å²) in [5, 5.41) is 0. The fraction of sp³-hybridized carbons (Fsp3) is 0.333. The highest BCUT2D eigenvalue weighted by molar-refractivity contribution is 5.98. The van der Waals surface area contributed by atoms with Crippen molar-refractivity contribution in [2.75, 3.05) is 32.6 Å². The molecule has 2 aromatic heterocycles. The van der Waals surface area contributed by atoms with E-state index in [4.69, 9.17) is 9.72 Å². The van der Waals surface area contributed by atoms with E-state index >= 15 is 0 Å². The maximum absolute atomic E-state index is 13.6. The molecule has 7 heteroatoms. The van der Waals surface area contributed by atoms with E-state index in [0.717, 1.165) is 35.2 Å². The minimum absolute atomic E-state index is 0.0336. The molecule has 7 nitrogen and oxygen atoms in total. The van der Waals surface area contributed by atoms with E-state index in [9.17, 15) is 4.79 Å². The number of pyridine rings is 1. The molecular weight excluding hydrogens is 390 g/mol. The van der Waals surface area contributed by atoms with Gasteiger partial charge in [-0.25, -0.2) is 9.97 Å². The summed E-state index contributed by atoms with van der Waals surface area (Å²) in [5.41, 5.74) is 4.30. The first-order chi connectivity index (χ1) is 15.0. The van der Waals surface area contributed by atoms with Gasteiger partial charge in [-0.1, -0.05) is 12.1 Å². The van der Waals surface area contributed by atoms with Crippen LogP contribution in [0.3, 0.4) is 0 Å². The number of nitrogens with zero attached hydrogens (tertiary/aromatic N) is 5. The molecule has 4 rings (SSSR count). The second-order valence-electron chi connectivity index (χ2n) is 7.91. The predicted octanol–water partition coefficient (Wildman–Crippen LogP) is 3.90. The number of methoxy groups -OCH3 is 1. The van der Waals surface area contributed by atoms with Gasteiger partial charge in [0.25, 0.3) is 5.91 Å². The maximum Gasteiger partial charge on any atom is 0.258 e. The van der Waals surface area contributed by atoms with Crippen LogP contribution in [0.5, 0.6) is 5.75 Å². The zero-order valence-corrected chi connectivity index (χ0v) is 18.4. The second kappa shape index (κ2) is 8.71. The van der Waals surface area contributed by atoms with Crippen LogP contribution in [0.25, 0.3) is 11.1 Å². The Bertz CT molecular complexity index is 1080. The van der Waals surface area contributed by atoms with E-state index in [1.165, 1.54) is 0 Å². The lowest BCUT2D eigenvalue weighted by atomic mass is 10.00. The van der Waals surface area contributed by atoms with Gasteiger partial charge in [0, 0.05) is 44.8 Å². The van der Waals surface area contributed by atoms with Crippen molar-refractivity contribution in [2.24, 2.45) is 0 Å². The van der Waals surface area contributed by atoms with Gasteiger partial charge in [0.1, 0.15) is 5.75 Å². The normalized spacial score (nSPS) is 15.7. The molecule has 0 saturated carbocycles. The Hall–Kier alpha value is -3.48. The lowest BCUT2D eigenvalue weighted by Crippen LogP contribution is -2.32. The third-order valence-corrected chi connectivity index (χ3v) is 5.67. The monoisotopic (exact) mass is 417 g/mol. The van der Waals surface area contributed by atoms with Gasteiger partial charge in [0.2, 0.25) is 5.95 Å². The molecule has 160 valence electrons. The Labute approximate surface area is 182 Å². The third kappa shape index (κ3) is 3.95. The van der Waals surface area contributed by atoms with E-state index in [0.29, 0.717) is 23.8 Å². The van der Waals surface area contributed by atoms with Gasteiger partial charge < -0.3 is 14.5 Å². The van der Waals surface area contributed by atoms with Crippen molar-refractivity contribution in [3.05, 3.63) is 65.7 Å². The van der Waals surface area contributed by atoms with Gasteiger partial charge in [0.15, 0.2) is 0 Å². The Kier molecular flexibility index (Phi) is 5.84. The van der Waals surface area contributed by atoms with Crippen LogP contribution in [0.2, 0.25) is 0 Å². The van der Waals surface area contributed by atoms with Crippen LogP contribution < -0.4 is 9.64 Å². The van der Waals surface area contributed by atoms with E-state index in [1.54, 1.807) is 19.5 Å². The number of likely N-dealkylation sites (tertiary alicyclic amines) is 1. The van der Waals surface area contributed by atoms with Crippen molar-refractivity contribution >= 4 is 11.9 Å². The van der Waals surface area contributed by atoms with Crippen LogP contribution >= 0.6 is 0 Å². The number of benzene rings is 1. The summed E-state index contributed by atoms with van der Waals surface area (Å²) < 4.78 is 5.55. The Morgan fingerprint density at radius 1 is 1.19 bits per heavy atom. The largest absolute Gasteiger partial charge is 0.496 e. The first-order valence-corrected chi connectivity index (χ1v) is 10.4. The molecule has 1 aliphatic rings. The molecule has 3 heterocycles. The Balaban J connectivity index is 1.79. The average Bonchev–Trinajstić information content (AvgIpc) is 3.28. The highest BCUT2D eigenvalue weighted by Gasteiger charge is 2.35. The van der Waals surface area contributed by atoms with Crippen LogP contribution in [-0.2, 0) is 0 Å². The molecule has 3 aromatic rings. The van der Waals surface area contributed by atoms with Crippen molar-refractivity contribution in [1.82, 2.24) is 19.9 Å². The molecule has 1 amide bonds. The van der Waals surface area contributed by atoms with E-state index in [-0.39, 0.29) is 11.9 Å². The summed E-state index contributed by atoms with van der Waals surface area (Å²) in [6.07, 6.45) is 7.13. The van der Waals surface area contributed by atoms with Gasteiger partial charge in [0.05, 0.1) is 24.4 Å². The van der Waals surface area contributed by atoms with Crippen molar-refractivity contribution < 1.29 is 9.53 Å². The molecule has 0 bridgehead atoms. The van der Waals surface area contributed by atoms with Crippen molar-refractivity contribution in [2.45, 2.75) is 25.8 Å². The average molecular weight is 418 g/mol. The molecule has 1 aliphatic heterocycles. The number of aryl methyl sites for hydroxylation is 1. The number of para-hydroxylation sites is 1. The first-order valence-electron chi connectivity index (χ1n) is 10.4. The SMILES string of the molecule is COc1c(C)cccc1C(=O)N1CCC[C@@H]1c1nc(N(C)C)ncc1-c1ccncc1. The van der Waals surface area contributed by atoms with Crippen LogP contribution in [-0.4, -0.2) is 53.5 Å². The van der Waals surface area contributed by atoms with Crippen LogP contribution in [0, 0.1) is 6.92 Å². The molecule has 1 saturated heterocycles. The van der Waals surface area contributed by atoms with Crippen LogP contribution in [0.1, 0.15) is 40.5 Å². The predicted molar refractivity (Wildman–Crippen MR) is 120 cm³/mol. The molecule has 0 unspecified atom stereocenters. The zero-order chi connectivity index (χ0) is 22.0. The van der Waals surface area contributed by atoms with Crippen molar-refractivity contribution in [1.29, 1.82) is 0 Å². The van der Waals surface area contributed by atoms with Crippen molar-refractivity contribution in [3.8, 4) is 16.9 Å². The number of anilines is 1. The fourth-order valence-electron chi connectivity index (χ4n) is 4.15. The summed E-state index contributed by atoms with van der Waals surface area (Å²) in [5.74, 6) is 1.22. The summed E-state index contributed by atoms with van der Waals surface area (Å²) in [4.78, 5) is 30.9. The standard InChI is InChI=1S/C24H27N5O2/c1-16-7-5-8-18(22(16)31-4)23(30)29-14-6-9-20(29)21-19(17-10-12-25-13-11-17)15-26-24(27-21)28(2)3/h5,7-8,10-13,15,20H,6,9,14H2,1-4H3/t20-/m1/s1. The van der Waals surface area contributed by atoms with Gasteiger partial charge in [-0.15, -0.1) is 0 Å². The number of aromatic nitrogens is 3. The van der Waals surface area contributed by atoms with Gasteiger partial charge >= 0.3 is 0 Å². The number of rotatable bonds is 5. The lowest BCUT2D eigenvalue weighted by molar-refractivity contribution is 0.0729. The van der Waals surface area contributed by atoms with Gasteiger partial charge in [-0.05, 0) is 49.1 Å². The minimum Gasteiger partial charge on any atom is -0.496 e. The number of ether oxygens (including phenoxy) is 1. The highest BCUT2D eigenvalue weighted by Crippen LogP contribution is 2.38. The zero-order valence-electron chi connectivity index (χ0n) is 18.4. The summed E-state index contributed by atoms with van der Waals surface area (Å²) in [6, 6.07) is 9.44. The first kappa shape index (κ1) is 20.8. The number of amides is 1. The lowest BCUT2D eigenvalue weighted by Gasteiger charge is -2.27. The molecular formula is C24H27N5O2. The summed E-state index contributed by atoms with van der Waals surface area (Å²) in [7, 11) is 5.44. The Morgan fingerprint density at radius 2 is 1.97 bits per heavy atom. The molecule has 0 spiro atoms. The molecule has 1 fully saturated rings. The minimum atomic E-state index is -0.136. The highest BCUT2D eigenvalue weighted by atomic mass is 16.5. The molecule has 0 aliphatic carbocycles. The molecule has 0 radical (unpaired) electrons. The second-order valence-corrected chi connectivity index (χ2v) is 7.91. The third-order valence-electron chi connectivity index (χ3n) is 5.67. The molecule has 1 atom stereocenters. The number of hydrogen-bond acceptors (Lipinski definition) is 6. The number of carbonyl (C=O) groups excluding carboxylic acids is 1. The maximum atomic E-state index is 13.6. The molecule has 31 heavy (non-hydrogen) atoms. The van der Waals surface area contributed by atoms with E-state index in [2.05, 4.69) is 9.97 Å². The van der Waals surface area contributed by atoms with Crippen LogP contribution in [0.15, 0.2) is 48.9 Å². The smallest absolute Gasteiger partial charge is 0.258 e. The van der Waals surface area contributed by atoms with E-state index in [1.807, 2.05) is 67.3 Å². The van der Waals surface area contributed by atoms with Crippen molar-refractivity contribution in [3.63, 3.8) is 0 Å². The molecule has 0 N–H and O–H groups in total.